The van der Waals surface area contributed by atoms with Crippen molar-refractivity contribution in [2.75, 3.05) is 24.7 Å². The van der Waals surface area contributed by atoms with E-state index in [-0.39, 0.29) is 24.2 Å². The summed E-state index contributed by atoms with van der Waals surface area (Å²) in [6.07, 6.45) is 2.36. The van der Waals surface area contributed by atoms with Crippen molar-refractivity contribution in [3.63, 3.8) is 0 Å². The van der Waals surface area contributed by atoms with Crippen molar-refractivity contribution < 1.29 is 17.9 Å². The fraction of sp³-hybridized carbons (Fsp3) is 0.467. The Labute approximate surface area is 124 Å². The minimum atomic E-state index is -2.93. The molecule has 1 atom stereocenters. The second kappa shape index (κ2) is 5.79. The Kier molecular flexibility index (Phi) is 4.01. The molecule has 0 saturated carbocycles. The summed E-state index contributed by atoms with van der Waals surface area (Å²) in [7, 11) is -2.93. The fourth-order valence-corrected chi connectivity index (χ4v) is 4.72. The molecule has 0 radical (unpaired) electrons. The number of aliphatic hydroxyl groups excluding tert-OH is 1. The van der Waals surface area contributed by atoms with E-state index < -0.39 is 9.84 Å². The molecule has 0 bridgehead atoms. The van der Waals surface area contributed by atoms with Crippen LogP contribution in [0.2, 0.25) is 0 Å². The highest BCUT2D eigenvalue weighted by molar-refractivity contribution is 7.91. The number of nitrogens with zero attached hydrogens (tertiary/aromatic N) is 1. The molecule has 5 nitrogen and oxygen atoms in total. The van der Waals surface area contributed by atoms with E-state index >= 15 is 0 Å². The third-order valence-corrected chi connectivity index (χ3v) is 5.80. The van der Waals surface area contributed by atoms with Gasteiger partial charge in [0.05, 0.1) is 24.4 Å². The first kappa shape index (κ1) is 14.6. The van der Waals surface area contributed by atoms with Crippen LogP contribution in [0, 0.1) is 0 Å². The molecule has 0 aliphatic carbocycles. The zero-order valence-corrected chi connectivity index (χ0v) is 12.6. The van der Waals surface area contributed by atoms with E-state index in [1.165, 1.54) is 0 Å². The zero-order chi connectivity index (χ0) is 14.9. The van der Waals surface area contributed by atoms with Gasteiger partial charge < -0.3 is 9.52 Å². The van der Waals surface area contributed by atoms with Gasteiger partial charge in [-0.05, 0) is 12.5 Å². The number of fused-ring (bicyclic) bond motifs is 1. The van der Waals surface area contributed by atoms with Crippen LogP contribution in [0.25, 0.3) is 11.0 Å². The highest BCUT2D eigenvalue weighted by Crippen LogP contribution is 2.25. The molecule has 1 saturated heterocycles. The van der Waals surface area contributed by atoms with Crippen molar-refractivity contribution in [3.8, 4) is 0 Å². The van der Waals surface area contributed by atoms with Gasteiger partial charge in [0.1, 0.15) is 5.58 Å². The lowest BCUT2D eigenvalue weighted by molar-refractivity contribution is 0.154. The molecule has 2 aromatic rings. The molecule has 0 spiro atoms. The third-order valence-electron chi connectivity index (χ3n) is 4.05. The summed E-state index contributed by atoms with van der Waals surface area (Å²) in [6.45, 7) is 1.09. The van der Waals surface area contributed by atoms with E-state index in [1.807, 2.05) is 29.2 Å². The summed E-state index contributed by atoms with van der Waals surface area (Å²) in [4.78, 5) is 2.04. The highest BCUT2D eigenvalue weighted by atomic mass is 32.2. The Balaban J connectivity index is 1.82. The molecule has 21 heavy (non-hydrogen) atoms. The second-order valence-corrected chi connectivity index (χ2v) is 7.74. The maximum Gasteiger partial charge on any atom is 0.151 e. The van der Waals surface area contributed by atoms with Crippen molar-refractivity contribution in [2.45, 2.75) is 19.0 Å². The van der Waals surface area contributed by atoms with E-state index in [0.29, 0.717) is 19.5 Å². The van der Waals surface area contributed by atoms with Gasteiger partial charge in [-0.1, -0.05) is 18.2 Å². The molecule has 1 aromatic heterocycles. The topological polar surface area (TPSA) is 70.8 Å². The zero-order valence-electron chi connectivity index (χ0n) is 11.7. The maximum absolute atomic E-state index is 11.7. The van der Waals surface area contributed by atoms with Crippen LogP contribution in [-0.4, -0.2) is 49.1 Å². The van der Waals surface area contributed by atoms with Gasteiger partial charge in [-0.25, -0.2) is 8.42 Å². The molecule has 1 unspecified atom stereocenters. The van der Waals surface area contributed by atoms with Crippen LogP contribution in [-0.2, 0) is 16.4 Å². The molecule has 6 heteroatoms. The van der Waals surface area contributed by atoms with Crippen LogP contribution in [0.1, 0.15) is 12.0 Å². The predicted molar refractivity (Wildman–Crippen MR) is 80.8 cm³/mol. The van der Waals surface area contributed by atoms with Crippen LogP contribution in [0.5, 0.6) is 0 Å². The highest BCUT2D eigenvalue weighted by Gasteiger charge is 2.32. The normalized spacial score (nSPS) is 21.3. The Morgan fingerprint density at radius 3 is 2.86 bits per heavy atom. The van der Waals surface area contributed by atoms with Crippen LogP contribution < -0.4 is 0 Å². The molecular formula is C15H19NO4S. The lowest BCUT2D eigenvalue weighted by atomic mass is 10.1. The van der Waals surface area contributed by atoms with Gasteiger partial charge in [0.2, 0.25) is 0 Å². The summed E-state index contributed by atoms with van der Waals surface area (Å²) < 4.78 is 28.8. The molecular weight excluding hydrogens is 290 g/mol. The number of furan rings is 1. The van der Waals surface area contributed by atoms with Crippen LogP contribution >= 0.6 is 0 Å². The number of sulfone groups is 1. The fourth-order valence-electron chi connectivity index (χ4n) is 2.96. The smallest absolute Gasteiger partial charge is 0.151 e. The Hall–Kier alpha value is -1.37. The number of benzene rings is 1. The Morgan fingerprint density at radius 2 is 2.14 bits per heavy atom. The first-order chi connectivity index (χ1) is 10.1. The van der Waals surface area contributed by atoms with E-state index in [1.54, 1.807) is 6.26 Å². The lowest BCUT2D eigenvalue weighted by Crippen LogP contribution is -2.37. The SMILES string of the molecule is O=S1(=O)CCC(N(CCO)Cc2coc3ccccc23)C1. The van der Waals surface area contributed by atoms with Gasteiger partial charge in [0.25, 0.3) is 0 Å². The largest absolute Gasteiger partial charge is 0.464 e. The molecule has 1 N–H and O–H groups in total. The minimum absolute atomic E-state index is 0.0178. The molecule has 2 heterocycles. The van der Waals surface area contributed by atoms with E-state index in [0.717, 1.165) is 16.5 Å². The van der Waals surface area contributed by atoms with Crippen molar-refractivity contribution >= 4 is 20.8 Å². The summed E-state index contributed by atoms with van der Waals surface area (Å²) in [6, 6.07) is 7.77. The lowest BCUT2D eigenvalue weighted by Gasteiger charge is -2.26. The summed E-state index contributed by atoms with van der Waals surface area (Å²) in [5.74, 6) is 0.425. The number of hydrogen-bond donors (Lipinski definition) is 1. The van der Waals surface area contributed by atoms with Gasteiger partial charge >= 0.3 is 0 Å². The van der Waals surface area contributed by atoms with Crippen LogP contribution in [0.15, 0.2) is 34.9 Å². The summed E-state index contributed by atoms with van der Waals surface area (Å²) >= 11 is 0. The average Bonchev–Trinajstić information content (AvgIpc) is 3.02. The molecule has 1 aliphatic heterocycles. The van der Waals surface area contributed by atoms with Crippen molar-refractivity contribution in [1.29, 1.82) is 0 Å². The van der Waals surface area contributed by atoms with Gasteiger partial charge in [0.15, 0.2) is 9.84 Å². The minimum Gasteiger partial charge on any atom is -0.464 e. The second-order valence-electron chi connectivity index (χ2n) is 5.51. The Morgan fingerprint density at radius 1 is 1.33 bits per heavy atom. The number of para-hydroxylation sites is 1. The van der Waals surface area contributed by atoms with Crippen molar-refractivity contribution in [1.82, 2.24) is 4.90 Å². The number of hydrogen-bond acceptors (Lipinski definition) is 5. The summed E-state index contributed by atoms with van der Waals surface area (Å²) in [5.41, 5.74) is 1.86. The van der Waals surface area contributed by atoms with Crippen LogP contribution in [0.4, 0.5) is 0 Å². The van der Waals surface area contributed by atoms with Crippen molar-refractivity contribution in [3.05, 3.63) is 36.1 Å². The Bertz CT molecular complexity index is 722. The molecule has 1 fully saturated rings. The molecule has 1 aliphatic rings. The molecule has 114 valence electrons. The van der Waals surface area contributed by atoms with Gasteiger partial charge in [0, 0.05) is 30.1 Å². The van der Waals surface area contributed by atoms with Gasteiger partial charge in [-0.3, -0.25) is 4.90 Å². The third kappa shape index (κ3) is 3.12. The van der Waals surface area contributed by atoms with Crippen LogP contribution in [0.3, 0.4) is 0 Å². The maximum atomic E-state index is 11.7. The summed E-state index contributed by atoms with van der Waals surface area (Å²) in [5, 5.41) is 10.3. The van der Waals surface area contributed by atoms with Crippen molar-refractivity contribution in [2.24, 2.45) is 0 Å². The van der Waals surface area contributed by atoms with E-state index in [4.69, 9.17) is 4.42 Å². The predicted octanol–water partition coefficient (Wildman–Crippen LogP) is 1.41. The standard InChI is InChI=1S/C15H19NO4S/c17-7-6-16(13-5-8-21(18,19)11-13)9-12-10-20-15-4-2-1-3-14(12)15/h1-4,10,13,17H,5-9,11H2. The van der Waals surface area contributed by atoms with E-state index in [2.05, 4.69) is 0 Å². The number of rotatable bonds is 5. The van der Waals surface area contributed by atoms with Gasteiger partial charge in [-0.15, -0.1) is 0 Å². The van der Waals surface area contributed by atoms with Gasteiger partial charge in [-0.2, -0.15) is 0 Å². The first-order valence-electron chi connectivity index (χ1n) is 7.09. The monoisotopic (exact) mass is 309 g/mol. The quantitative estimate of drug-likeness (QED) is 0.904. The first-order valence-corrected chi connectivity index (χ1v) is 8.91. The molecule has 1 aromatic carbocycles. The average molecular weight is 309 g/mol. The van der Waals surface area contributed by atoms with E-state index in [9.17, 15) is 13.5 Å². The molecule has 3 rings (SSSR count). The molecule has 0 amide bonds. The number of aliphatic hydroxyl groups is 1.